The first kappa shape index (κ1) is 17.4. The fourth-order valence-corrected chi connectivity index (χ4v) is 1.30. The molecule has 0 fully saturated rings. The van der Waals surface area contributed by atoms with E-state index in [-0.39, 0.29) is 37.6 Å². The van der Waals surface area contributed by atoms with Crippen LogP contribution in [0.4, 0.5) is 0 Å². The molecule has 6 heteroatoms. The molecule has 0 aromatic carbocycles. The summed E-state index contributed by atoms with van der Waals surface area (Å²) in [6, 6.07) is 0. The van der Waals surface area contributed by atoms with Gasteiger partial charge < -0.3 is 15.4 Å². The molecule has 0 radical (unpaired) electrons. The van der Waals surface area contributed by atoms with E-state index >= 15 is 0 Å². The third-order valence-electron chi connectivity index (χ3n) is 2.02. The van der Waals surface area contributed by atoms with Crippen molar-refractivity contribution in [2.45, 2.75) is 52.6 Å². The van der Waals surface area contributed by atoms with Gasteiger partial charge in [0.2, 0.25) is 11.8 Å². The standard InChI is InChI=1S/C13H24N2O4/c1-5-14-11(17)8-9-15-10(16)6-7-12(18)19-13(2,3)4/h5-9H2,1-4H3,(H,14,17)(H,15,16). The van der Waals surface area contributed by atoms with Gasteiger partial charge in [-0.3, -0.25) is 14.4 Å². The highest BCUT2D eigenvalue weighted by Gasteiger charge is 2.16. The molecular formula is C13H24N2O4. The summed E-state index contributed by atoms with van der Waals surface area (Å²) in [5.41, 5.74) is -0.536. The number of ether oxygens (including phenoxy) is 1. The summed E-state index contributed by atoms with van der Waals surface area (Å²) in [7, 11) is 0. The molecule has 0 bridgehead atoms. The molecule has 0 aromatic heterocycles. The maximum Gasteiger partial charge on any atom is 0.306 e. The second kappa shape index (κ2) is 8.50. The maximum atomic E-state index is 11.4. The number of hydrogen-bond acceptors (Lipinski definition) is 4. The molecule has 2 N–H and O–H groups in total. The van der Waals surface area contributed by atoms with Crippen molar-refractivity contribution >= 4 is 17.8 Å². The zero-order valence-corrected chi connectivity index (χ0v) is 12.2. The molecule has 2 amide bonds. The molecule has 0 aliphatic rings. The Kier molecular flexibility index (Phi) is 7.79. The zero-order valence-electron chi connectivity index (χ0n) is 12.2. The summed E-state index contributed by atoms with van der Waals surface area (Å²) in [6.45, 7) is 8.01. The van der Waals surface area contributed by atoms with Crippen molar-refractivity contribution in [1.82, 2.24) is 10.6 Å². The molecule has 110 valence electrons. The molecule has 6 nitrogen and oxygen atoms in total. The van der Waals surface area contributed by atoms with E-state index in [1.807, 2.05) is 6.92 Å². The van der Waals surface area contributed by atoms with Crippen LogP contribution in [-0.4, -0.2) is 36.5 Å². The Hall–Kier alpha value is -1.59. The largest absolute Gasteiger partial charge is 0.460 e. The molecule has 0 spiro atoms. The Labute approximate surface area is 114 Å². The Bertz CT molecular complexity index is 321. The van der Waals surface area contributed by atoms with Gasteiger partial charge in [-0.25, -0.2) is 0 Å². The van der Waals surface area contributed by atoms with Gasteiger partial charge in [0.05, 0.1) is 6.42 Å². The molecule has 0 aliphatic carbocycles. The Balaban J connectivity index is 3.70. The van der Waals surface area contributed by atoms with Gasteiger partial charge in [-0.2, -0.15) is 0 Å². The van der Waals surface area contributed by atoms with Crippen molar-refractivity contribution in [2.75, 3.05) is 13.1 Å². The lowest BCUT2D eigenvalue weighted by atomic mass is 10.2. The Morgan fingerprint density at radius 3 is 2.05 bits per heavy atom. The SMILES string of the molecule is CCNC(=O)CCNC(=O)CCC(=O)OC(C)(C)C. The van der Waals surface area contributed by atoms with E-state index in [1.54, 1.807) is 20.8 Å². The second-order valence-electron chi connectivity index (χ2n) is 5.14. The van der Waals surface area contributed by atoms with Crippen molar-refractivity contribution in [3.05, 3.63) is 0 Å². The lowest BCUT2D eigenvalue weighted by Gasteiger charge is -2.19. The molecule has 19 heavy (non-hydrogen) atoms. The molecule has 0 aromatic rings. The van der Waals surface area contributed by atoms with E-state index in [0.29, 0.717) is 6.54 Å². The van der Waals surface area contributed by atoms with Gasteiger partial charge in [0.25, 0.3) is 0 Å². The topological polar surface area (TPSA) is 84.5 Å². The van der Waals surface area contributed by atoms with Crippen LogP contribution in [0.2, 0.25) is 0 Å². The lowest BCUT2D eigenvalue weighted by molar-refractivity contribution is -0.155. The Morgan fingerprint density at radius 1 is 0.947 bits per heavy atom. The van der Waals surface area contributed by atoms with Crippen LogP contribution >= 0.6 is 0 Å². The number of carbonyl (C=O) groups excluding carboxylic acids is 3. The van der Waals surface area contributed by atoms with Crippen molar-refractivity contribution in [1.29, 1.82) is 0 Å². The highest BCUT2D eigenvalue weighted by Crippen LogP contribution is 2.08. The Morgan fingerprint density at radius 2 is 1.53 bits per heavy atom. The van der Waals surface area contributed by atoms with E-state index in [9.17, 15) is 14.4 Å². The number of carbonyl (C=O) groups is 3. The number of amides is 2. The fraction of sp³-hybridized carbons (Fsp3) is 0.769. The van der Waals surface area contributed by atoms with Crippen LogP contribution in [0.1, 0.15) is 47.0 Å². The first-order valence-electron chi connectivity index (χ1n) is 6.50. The summed E-state index contributed by atoms with van der Waals surface area (Å²) in [5, 5.41) is 5.21. The van der Waals surface area contributed by atoms with Gasteiger partial charge in [-0.15, -0.1) is 0 Å². The van der Waals surface area contributed by atoms with Crippen LogP contribution in [0, 0.1) is 0 Å². The third-order valence-corrected chi connectivity index (χ3v) is 2.02. The average molecular weight is 272 g/mol. The number of esters is 1. The van der Waals surface area contributed by atoms with Gasteiger partial charge in [0, 0.05) is 25.9 Å². The molecule has 0 rings (SSSR count). The smallest absolute Gasteiger partial charge is 0.306 e. The number of rotatable bonds is 7. The van der Waals surface area contributed by atoms with Crippen LogP contribution in [-0.2, 0) is 19.1 Å². The highest BCUT2D eigenvalue weighted by atomic mass is 16.6. The van der Waals surface area contributed by atoms with Crippen molar-refractivity contribution in [3.8, 4) is 0 Å². The molecule has 0 saturated carbocycles. The first-order valence-corrected chi connectivity index (χ1v) is 6.50. The van der Waals surface area contributed by atoms with Gasteiger partial charge in [-0.1, -0.05) is 0 Å². The van der Waals surface area contributed by atoms with E-state index < -0.39 is 11.6 Å². The van der Waals surface area contributed by atoms with E-state index in [1.165, 1.54) is 0 Å². The predicted octanol–water partition coefficient (Wildman–Crippen LogP) is 0.751. The molecule has 0 unspecified atom stereocenters. The van der Waals surface area contributed by atoms with E-state index in [4.69, 9.17) is 4.74 Å². The van der Waals surface area contributed by atoms with Crippen LogP contribution < -0.4 is 10.6 Å². The van der Waals surface area contributed by atoms with Crippen LogP contribution in [0.25, 0.3) is 0 Å². The molecule has 0 heterocycles. The summed E-state index contributed by atoms with van der Waals surface area (Å²) in [5.74, 6) is -0.753. The van der Waals surface area contributed by atoms with Gasteiger partial charge in [0.15, 0.2) is 0 Å². The third kappa shape index (κ3) is 11.2. The summed E-state index contributed by atoms with van der Waals surface area (Å²) >= 11 is 0. The van der Waals surface area contributed by atoms with Crippen molar-refractivity contribution in [3.63, 3.8) is 0 Å². The summed E-state index contributed by atoms with van der Waals surface area (Å²) < 4.78 is 5.08. The monoisotopic (exact) mass is 272 g/mol. The minimum atomic E-state index is -0.536. The summed E-state index contributed by atoms with van der Waals surface area (Å²) in [6.07, 6.45) is 0.362. The normalized spacial score (nSPS) is 10.7. The van der Waals surface area contributed by atoms with E-state index in [0.717, 1.165) is 0 Å². The van der Waals surface area contributed by atoms with Crippen molar-refractivity contribution in [2.24, 2.45) is 0 Å². The number of hydrogen-bond donors (Lipinski definition) is 2. The minimum absolute atomic E-state index is 0.0459. The maximum absolute atomic E-state index is 11.4. The predicted molar refractivity (Wildman–Crippen MR) is 71.4 cm³/mol. The quantitative estimate of drug-likeness (QED) is 0.670. The zero-order chi connectivity index (χ0) is 14.9. The van der Waals surface area contributed by atoms with Crippen LogP contribution in [0.3, 0.4) is 0 Å². The molecule has 0 saturated heterocycles. The van der Waals surface area contributed by atoms with Crippen LogP contribution in [0.15, 0.2) is 0 Å². The first-order chi connectivity index (χ1) is 8.74. The summed E-state index contributed by atoms with van der Waals surface area (Å²) in [4.78, 5) is 33.9. The fourth-order valence-electron chi connectivity index (χ4n) is 1.30. The van der Waals surface area contributed by atoms with Gasteiger partial charge >= 0.3 is 5.97 Å². The molecule has 0 aliphatic heterocycles. The molecular weight excluding hydrogens is 248 g/mol. The van der Waals surface area contributed by atoms with Crippen LogP contribution in [0.5, 0.6) is 0 Å². The van der Waals surface area contributed by atoms with Crippen molar-refractivity contribution < 1.29 is 19.1 Å². The molecule has 0 atom stereocenters. The highest BCUT2D eigenvalue weighted by molar-refractivity contribution is 5.82. The van der Waals surface area contributed by atoms with E-state index in [2.05, 4.69) is 10.6 Å². The second-order valence-corrected chi connectivity index (χ2v) is 5.14. The minimum Gasteiger partial charge on any atom is -0.460 e. The average Bonchev–Trinajstić information content (AvgIpc) is 2.24. The lowest BCUT2D eigenvalue weighted by Crippen LogP contribution is -2.31. The van der Waals surface area contributed by atoms with Gasteiger partial charge in [-0.05, 0) is 27.7 Å². The number of nitrogens with one attached hydrogen (secondary N) is 2. The van der Waals surface area contributed by atoms with Gasteiger partial charge in [0.1, 0.15) is 5.60 Å².